The third kappa shape index (κ3) is 5.57. The molecule has 0 aliphatic heterocycles. The molecule has 3 aromatic rings. The largest absolute Gasteiger partial charge is 0.481 e. The summed E-state index contributed by atoms with van der Waals surface area (Å²) >= 11 is 0. The molecule has 5 heteroatoms. The predicted molar refractivity (Wildman–Crippen MR) is 124 cm³/mol. The lowest BCUT2D eigenvalue weighted by molar-refractivity contribution is -0.139. The van der Waals surface area contributed by atoms with E-state index in [2.05, 4.69) is 38.1 Å². The Morgan fingerprint density at radius 2 is 1.74 bits per heavy atom. The lowest BCUT2D eigenvalue weighted by Gasteiger charge is -2.18. The van der Waals surface area contributed by atoms with Gasteiger partial charge < -0.3 is 15.3 Å². The van der Waals surface area contributed by atoms with Crippen LogP contribution in [0.1, 0.15) is 49.4 Å². The molecule has 0 spiro atoms. The fraction of sp³-hybridized carbons (Fsp3) is 0.308. The zero-order chi connectivity index (χ0) is 22.5. The molecule has 31 heavy (non-hydrogen) atoms. The Morgan fingerprint density at radius 3 is 2.39 bits per heavy atom. The van der Waals surface area contributed by atoms with E-state index in [1.807, 2.05) is 37.3 Å². The van der Waals surface area contributed by atoms with Gasteiger partial charge >= 0.3 is 5.97 Å². The molecule has 2 unspecified atom stereocenters. The van der Waals surface area contributed by atoms with Crippen LogP contribution in [0.5, 0.6) is 0 Å². The molecule has 0 amide bonds. The SMILES string of the molecule is Cc1ccc(-c2c(C=CC(O)CC(O)CC(=O)O)c(C(C)C)nc3ccccc23)cc1. The molecule has 2 aromatic carbocycles. The number of aryl methyl sites for hydroxylation is 1. The number of hydrogen-bond donors (Lipinski definition) is 3. The Bertz CT molecular complexity index is 1090. The number of carboxylic acids is 1. The molecule has 0 radical (unpaired) electrons. The van der Waals surface area contributed by atoms with Crippen molar-refractivity contribution in [1.82, 2.24) is 4.98 Å². The summed E-state index contributed by atoms with van der Waals surface area (Å²) in [4.78, 5) is 15.7. The summed E-state index contributed by atoms with van der Waals surface area (Å²) in [6.07, 6.45) is 0.956. The van der Waals surface area contributed by atoms with Gasteiger partial charge in [-0.2, -0.15) is 0 Å². The van der Waals surface area contributed by atoms with Gasteiger partial charge in [-0.15, -0.1) is 0 Å². The van der Waals surface area contributed by atoms with Crippen LogP contribution in [0.25, 0.3) is 28.1 Å². The number of nitrogens with zero attached hydrogens (tertiary/aromatic N) is 1. The summed E-state index contributed by atoms with van der Waals surface area (Å²) in [6, 6.07) is 16.3. The first-order valence-electron chi connectivity index (χ1n) is 10.5. The molecule has 0 saturated heterocycles. The van der Waals surface area contributed by atoms with Gasteiger partial charge in [0.2, 0.25) is 0 Å². The lowest BCUT2D eigenvalue weighted by Crippen LogP contribution is -2.19. The van der Waals surface area contributed by atoms with Crippen molar-refractivity contribution in [3.8, 4) is 11.1 Å². The maximum atomic E-state index is 10.8. The monoisotopic (exact) mass is 419 g/mol. The van der Waals surface area contributed by atoms with Gasteiger partial charge in [-0.05, 0) is 24.5 Å². The van der Waals surface area contributed by atoms with E-state index in [4.69, 9.17) is 10.1 Å². The Morgan fingerprint density at radius 1 is 1.06 bits per heavy atom. The van der Waals surface area contributed by atoms with Crippen LogP contribution in [0.2, 0.25) is 0 Å². The number of para-hydroxylation sites is 1. The molecular formula is C26H29NO4. The highest BCUT2D eigenvalue weighted by Crippen LogP contribution is 2.36. The average Bonchev–Trinajstić information content (AvgIpc) is 2.71. The lowest BCUT2D eigenvalue weighted by atomic mass is 9.90. The van der Waals surface area contributed by atoms with E-state index >= 15 is 0 Å². The van der Waals surface area contributed by atoms with Crippen LogP contribution < -0.4 is 0 Å². The smallest absolute Gasteiger partial charge is 0.305 e. The third-order valence-electron chi connectivity index (χ3n) is 5.26. The molecule has 0 aliphatic carbocycles. The Balaban J connectivity index is 2.12. The Hall–Kier alpha value is -3.02. The van der Waals surface area contributed by atoms with Gasteiger partial charge in [0.05, 0.1) is 29.8 Å². The van der Waals surface area contributed by atoms with Crippen molar-refractivity contribution >= 4 is 22.9 Å². The summed E-state index contributed by atoms with van der Waals surface area (Å²) < 4.78 is 0. The summed E-state index contributed by atoms with van der Waals surface area (Å²) in [5.74, 6) is -0.936. The van der Waals surface area contributed by atoms with Crippen LogP contribution in [0.3, 0.4) is 0 Å². The number of carbonyl (C=O) groups is 1. The number of rotatable bonds is 8. The third-order valence-corrected chi connectivity index (χ3v) is 5.26. The number of aliphatic hydroxyl groups is 2. The van der Waals surface area contributed by atoms with Gasteiger partial charge in [0.15, 0.2) is 0 Å². The highest BCUT2D eigenvalue weighted by molar-refractivity contribution is 5.99. The number of pyridine rings is 1. The molecule has 3 rings (SSSR count). The predicted octanol–water partition coefficient (Wildman–Crippen LogP) is 4.93. The minimum atomic E-state index is -1.10. The van der Waals surface area contributed by atoms with Crippen molar-refractivity contribution in [2.24, 2.45) is 0 Å². The van der Waals surface area contributed by atoms with E-state index in [-0.39, 0.29) is 12.3 Å². The highest BCUT2D eigenvalue weighted by Gasteiger charge is 2.18. The second kappa shape index (κ2) is 9.86. The minimum Gasteiger partial charge on any atom is -0.481 e. The van der Waals surface area contributed by atoms with Gasteiger partial charge in [-0.3, -0.25) is 9.78 Å². The molecule has 0 bridgehead atoms. The number of carboxylic acid groups (broad SMARTS) is 1. The van der Waals surface area contributed by atoms with Crippen LogP contribution in [-0.2, 0) is 4.79 Å². The number of aromatic nitrogens is 1. The zero-order valence-electron chi connectivity index (χ0n) is 18.1. The first-order chi connectivity index (χ1) is 14.8. The summed E-state index contributed by atoms with van der Waals surface area (Å²) in [5, 5.41) is 30.1. The second-order valence-corrected chi connectivity index (χ2v) is 8.24. The first-order valence-corrected chi connectivity index (χ1v) is 10.5. The maximum absolute atomic E-state index is 10.8. The highest BCUT2D eigenvalue weighted by atomic mass is 16.4. The molecular weight excluding hydrogens is 390 g/mol. The van der Waals surface area contributed by atoms with Crippen LogP contribution >= 0.6 is 0 Å². The Kier molecular flexibility index (Phi) is 7.21. The number of hydrogen-bond acceptors (Lipinski definition) is 4. The van der Waals surface area contributed by atoms with Crippen LogP contribution in [0.15, 0.2) is 54.6 Å². The van der Waals surface area contributed by atoms with Crippen LogP contribution in [0, 0.1) is 6.92 Å². The fourth-order valence-electron chi connectivity index (χ4n) is 3.74. The Labute approximate surface area is 182 Å². The van der Waals surface area contributed by atoms with E-state index < -0.39 is 24.6 Å². The molecule has 162 valence electrons. The van der Waals surface area contributed by atoms with E-state index in [9.17, 15) is 15.0 Å². The first kappa shape index (κ1) is 22.7. The van der Waals surface area contributed by atoms with Gasteiger partial charge in [0, 0.05) is 22.9 Å². The van der Waals surface area contributed by atoms with Crippen molar-refractivity contribution in [1.29, 1.82) is 0 Å². The summed E-state index contributed by atoms with van der Waals surface area (Å²) in [5.41, 5.74) is 6.03. The average molecular weight is 420 g/mol. The topological polar surface area (TPSA) is 90.7 Å². The number of fused-ring (bicyclic) bond motifs is 1. The summed E-state index contributed by atoms with van der Waals surface area (Å²) in [7, 11) is 0. The van der Waals surface area contributed by atoms with Crippen molar-refractivity contribution < 1.29 is 20.1 Å². The molecule has 0 saturated carbocycles. The molecule has 0 aliphatic rings. The molecule has 2 atom stereocenters. The molecule has 1 aromatic heterocycles. The van der Waals surface area contributed by atoms with Crippen molar-refractivity contribution in [3.05, 3.63) is 71.4 Å². The van der Waals surface area contributed by atoms with E-state index in [1.54, 1.807) is 6.08 Å². The van der Waals surface area contributed by atoms with Gasteiger partial charge in [0.1, 0.15) is 0 Å². The number of aliphatic hydroxyl groups excluding tert-OH is 2. The van der Waals surface area contributed by atoms with Crippen LogP contribution in [-0.4, -0.2) is 38.5 Å². The van der Waals surface area contributed by atoms with Crippen molar-refractivity contribution in [3.63, 3.8) is 0 Å². The van der Waals surface area contributed by atoms with E-state index in [1.165, 1.54) is 5.56 Å². The second-order valence-electron chi connectivity index (χ2n) is 8.24. The van der Waals surface area contributed by atoms with Gasteiger partial charge in [-0.1, -0.05) is 74.0 Å². The maximum Gasteiger partial charge on any atom is 0.305 e. The van der Waals surface area contributed by atoms with Gasteiger partial charge in [-0.25, -0.2) is 0 Å². The van der Waals surface area contributed by atoms with E-state index in [0.29, 0.717) is 0 Å². The van der Waals surface area contributed by atoms with Crippen LogP contribution in [0.4, 0.5) is 0 Å². The zero-order valence-corrected chi connectivity index (χ0v) is 18.1. The minimum absolute atomic E-state index is 0.0410. The molecule has 1 heterocycles. The normalized spacial score (nSPS) is 13.7. The van der Waals surface area contributed by atoms with E-state index in [0.717, 1.165) is 33.3 Å². The summed E-state index contributed by atoms with van der Waals surface area (Å²) in [6.45, 7) is 6.22. The van der Waals surface area contributed by atoms with Crippen molar-refractivity contribution in [2.45, 2.75) is 51.7 Å². The molecule has 3 N–H and O–H groups in total. The quantitative estimate of drug-likeness (QED) is 0.481. The van der Waals surface area contributed by atoms with Crippen molar-refractivity contribution in [2.75, 3.05) is 0 Å². The number of benzene rings is 2. The number of aliphatic carboxylic acids is 1. The molecule has 0 fully saturated rings. The standard InChI is InChI=1S/C26H29NO4/c1-16(2)26-22(13-12-19(28)14-20(29)15-24(30)31)25(18-10-8-17(3)9-11-18)21-6-4-5-7-23(21)27-26/h4-13,16,19-20,28-29H,14-15H2,1-3H3,(H,30,31). The van der Waals surface area contributed by atoms with Gasteiger partial charge in [0.25, 0.3) is 0 Å². The fourth-order valence-corrected chi connectivity index (χ4v) is 3.74. The molecule has 5 nitrogen and oxygen atoms in total.